The van der Waals surface area contributed by atoms with Crippen molar-refractivity contribution in [2.24, 2.45) is 0 Å². The van der Waals surface area contributed by atoms with Gasteiger partial charge < -0.3 is 10.6 Å². The summed E-state index contributed by atoms with van der Waals surface area (Å²) >= 11 is 1.69. The van der Waals surface area contributed by atoms with E-state index in [0.29, 0.717) is 12.2 Å². The van der Waals surface area contributed by atoms with Crippen molar-refractivity contribution in [3.63, 3.8) is 0 Å². The van der Waals surface area contributed by atoms with Crippen LogP contribution in [-0.4, -0.2) is 17.4 Å². The molecule has 1 aliphatic rings. The lowest BCUT2D eigenvalue weighted by molar-refractivity contribution is 0.0780. The topological polar surface area (TPSA) is 46.3 Å². The molecule has 0 saturated carbocycles. The molecular formula is C14H14N2OS. The van der Waals surface area contributed by atoms with E-state index in [0.717, 1.165) is 24.1 Å². The van der Waals surface area contributed by atoms with Gasteiger partial charge in [-0.15, -0.1) is 0 Å². The second kappa shape index (κ2) is 4.46. The highest BCUT2D eigenvalue weighted by atomic mass is 32.1. The van der Waals surface area contributed by atoms with Crippen LogP contribution >= 0.6 is 11.3 Å². The molecule has 1 amide bonds. The van der Waals surface area contributed by atoms with Gasteiger partial charge in [0.15, 0.2) is 0 Å². The zero-order chi connectivity index (χ0) is 12.5. The highest BCUT2D eigenvalue weighted by Gasteiger charge is 2.26. The Morgan fingerprint density at radius 1 is 1.33 bits per heavy atom. The van der Waals surface area contributed by atoms with Crippen LogP contribution in [0.4, 0.5) is 5.69 Å². The minimum Gasteiger partial charge on any atom is -0.399 e. The third-order valence-corrected chi connectivity index (χ3v) is 4.00. The molecule has 1 aromatic heterocycles. The Bertz CT molecular complexity index is 577. The van der Waals surface area contributed by atoms with Crippen LogP contribution in [0.15, 0.2) is 35.0 Å². The first-order valence-electron chi connectivity index (χ1n) is 5.93. The molecular weight excluding hydrogens is 244 g/mol. The second-order valence-electron chi connectivity index (χ2n) is 4.52. The van der Waals surface area contributed by atoms with Gasteiger partial charge in [0, 0.05) is 24.3 Å². The number of benzene rings is 1. The average Bonchev–Trinajstić information content (AvgIpc) is 2.97. The number of nitrogens with zero attached hydrogens (tertiary/aromatic N) is 1. The van der Waals surface area contributed by atoms with E-state index in [-0.39, 0.29) is 5.91 Å². The highest BCUT2D eigenvalue weighted by molar-refractivity contribution is 7.07. The second-order valence-corrected chi connectivity index (χ2v) is 5.30. The number of carbonyl (C=O) groups excluding carboxylic acids is 1. The van der Waals surface area contributed by atoms with Crippen LogP contribution in [0.2, 0.25) is 0 Å². The van der Waals surface area contributed by atoms with Gasteiger partial charge in [0.1, 0.15) is 0 Å². The van der Waals surface area contributed by atoms with E-state index in [4.69, 9.17) is 5.73 Å². The van der Waals surface area contributed by atoms with Crippen LogP contribution in [0.3, 0.4) is 0 Å². The molecule has 1 aliphatic heterocycles. The number of anilines is 1. The summed E-state index contributed by atoms with van der Waals surface area (Å²) in [6, 6.07) is 7.69. The Morgan fingerprint density at radius 2 is 2.22 bits per heavy atom. The summed E-state index contributed by atoms with van der Waals surface area (Å²) in [7, 11) is 0. The van der Waals surface area contributed by atoms with E-state index in [1.165, 1.54) is 5.56 Å². The average molecular weight is 258 g/mol. The number of nitrogen functional groups attached to an aromatic ring is 1. The SMILES string of the molecule is Nc1ccc2c(c1)C(=O)N(CCc1ccsc1)C2. The Kier molecular flexibility index (Phi) is 2.80. The van der Waals surface area contributed by atoms with Gasteiger partial charge in [-0.25, -0.2) is 0 Å². The van der Waals surface area contributed by atoms with Crippen LogP contribution in [0.25, 0.3) is 0 Å². The molecule has 92 valence electrons. The van der Waals surface area contributed by atoms with E-state index in [2.05, 4.69) is 16.8 Å². The fraction of sp³-hybridized carbons (Fsp3) is 0.214. The molecule has 0 aliphatic carbocycles. The van der Waals surface area contributed by atoms with Crippen LogP contribution in [0, 0.1) is 0 Å². The first-order valence-corrected chi connectivity index (χ1v) is 6.87. The molecule has 0 fully saturated rings. The number of amides is 1. The molecule has 0 radical (unpaired) electrons. The van der Waals surface area contributed by atoms with E-state index in [9.17, 15) is 4.79 Å². The molecule has 1 aromatic carbocycles. The standard InChI is InChI=1S/C14H14N2OS/c15-12-2-1-11-8-16(14(17)13(11)7-12)5-3-10-4-6-18-9-10/h1-2,4,6-7,9H,3,5,8,15H2. The summed E-state index contributed by atoms with van der Waals surface area (Å²) in [6.45, 7) is 1.47. The first-order chi connectivity index (χ1) is 8.74. The molecule has 0 unspecified atom stereocenters. The molecule has 2 heterocycles. The van der Waals surface area contributed by atoms with Crippen LogP contribution in [-0.2, 0) is 13.0 Å². The maximum atomic E-state index is 12.2. The van der Waals surface area contributed by atoms with Crippen molar-refractivity contribution in [3.8, 4) is 0 Å². The van der Waals surface area contributed by atoms with Gasteiger partial charge in [0.2, 0.25) is 0 Å². The van der Waals surface area contributed by atoms with Gasteiger partial charge in [-0.1, -0.05) is 6.07 Å². The molecule has 3 rings (SSSR count). The highest BCUT2D eigenvalue weighted by Crippen LogP contribution is 2.24. The number of carbonyl (C=O) groups is 1. The van der Waals surface area contributed by atoms with E-state index < -0.39 is 0 Å². The smallest absolute Gasteiger partial charge is 0.254 e. The zero-order valence-corrected chi connectivity index (χ0v) is 10.7. The van der Waals surface area contributed by atoms with Crippen molar-refractivity contribution >= 4 is 22.9 Å². The van der Waals surface area contributed by atoms with Crippen molar-refractivity contribution in [3.05, 3.63) is 51.7 Å². The molecule has 0 bridgehead atoms. The van der Waals surface area contributed by atoms with Crippen LogP contribution < -0.4 is 5.73 Å². The van der Waals surface area contributed by atoms with Gasteiger partial charge in [0.05, 0.1) is 0 Å². The van der Waals surface area contributed by atoms with Gasteiger partial charge in [-0.05, 0) is 46.5 Å². The number of fused-ring (bicyclic) bond motifs is 1. The minimum atomic E-state index is 0.104. The van der Waals surface area contributed by atoms with Crippen LogP contribution in [0.5, 0.6) is 0 Å². The molecule has 3 nitrogen and oxygen atoms in total. The van der Waals surface area contributed by atoms with Gasteiger partial charge in [-0.3, -0.25) is 4.79 Å². The first kappa shape index (κ1) is 11.3. The zero-order valence-electron chi connectivity index (χ0n) is 9.93. The van der Waals surface area contributed by atoms with Crippen molar-refractivity contribution < 1.29 is 4.79 Å². The molecule has 18 heavy (non-hydrogen) atoms. The molecule has 0 saturated heterocycles. The number of hydrogen-bond donors (Lipinski definition) is 1. The summed E-state index contributed by atoms with van der Waals surface area (Å²) < 4.78 is 0. The fourth-order valence-corrected chi connectivity index (χ4v) is 2.96. The Balaban J connectivity index is 1.72. The fourth-order valence-electron chi connectivity index (χ4n) is 2.26. The maximum Gasteiger partial charge on any atom is 0.254 e. The van der Waals surface area contributed by atoms with Crippen molar-refractivity contribution in [1.82, 2.24) is 4.90 Å². The maximum absolute atomic E-state index is 12.2. The Morgan fingerprint density at radius 3 is 3.00 bits per heavy atom. The Labute approximate surface area is 110 Å². The number of rotatable bonds is 3. The monoisotopic (exact) mass is 258 g/mol. The van der Waals surface area contributed by atoms with Crippen LogP contribution in [0.1, 0.15) is 21.5 Å². The number of nitrogens with two attached hydrogens (primary N) is 1. The molecule has 0 atom stereocenters. The number of hydrogen-bond acceptors (Lipinski definition) is 3. The lowest BCUT2D eigenvalue weighted by Gasteiger charge is -2.14. The molecule has 2 N–H and O–H groups in total. The quantitative estimate of drug-likeness (QED) is 0.860. The van der Waals surface area contributed by atoms with Gasteiger partial charge >= 0.3 is 0 Å². The van der Waals surface area contributed by atoms with Crippen molar-refractivity contribution in [2.75, 3.05) is 12.3 Å². The van der Waals surface area contributed by atoms with E-state index >= 15 is 0 Å². The lowest BCUT2D eigenvalue weighted by Crippen LogP contribution is -2.26. The summed E-state index contributed by atoms with van der Waals surface area (Å²) in [5.74, 6) is 0.104. The molecule has 4 heteroatoms. The van der Waals surface area contributed by atoms with E-state index in [1.807, 2.05) is 17.0 Å². The minimum absolute atomic E-state index is 0.104. The summed E-state index contributed by atoms with van der Waals surface area (Å²) in [5, 5.41) is 4.20. The van der Waals surface area contributed by atoms with E-state index in [1.54, 1.807) is 17.4 Å². The molecule has 2 aromatic rings. The summed E-state index contributed by atoms with van der Waals surface area (Å²) in [5.41, 5.74) is 9.52. The summed E-state index contributed by atoms with van der Waals surface area (Å²) in [6.07, 6.45) is 0.915. The lowest BCUT2D eigenvalue weighted by atomic mass is 10.1. The predicted molar refractivity (Wildman–Crippen MR) is 73.6 cm³/mol. The number of thiophene rings is 1. The normalized spacial score (nSPS) is 14.0. The van der Waals surface area contributed by atoms with Crippen molar-refractivity contribution in [1.29, 1.82) is 0 Å². The third-order valence-electron chi connectivity index (χ3n) is 3.26. The third kappa shape index (κ3) is 1.99. The van der Waals surface area contributed by atoms with Gasteiger partial charge in [-0.2, -0.15) is 11.3 Å². The van der Waals surface area contributed by atoms with Crippen molar-refractivity contribution in [2.45, 2.75) is 13.0 Å². The van der Waals surface area contributed by atoms with Gasteiger partial charge in [0.25, 0.3) is 5.91 Å². The molecule has 0 spiro atoms. The summed E-state index contributed by atoms with van der Waals surface area (Å²) in [4.78, 5) is 14.1. The predicted octanol–water partition coefficient (Wildman–Crippen LogP) is 2.53. The Hall–Kier alpha value is -1.81. The largest absolute Gasteiger partial charge is 0.399 e.